The van der Waals surface area contributed by atoms with Gasteiger partial charge in [-0.2, -0.15) is 0 Å². The summed E-state index contributed by atoms with van der Waals surface area (Å²) in [7, 11) is 0. The monoisotopic (exact) mass is 386 g/mol. The van der Waals surface area contributed by atoms with Gasteiger partial charge in [-0.3, -0.25) is 4.79 Å². The van der Waals surface area contributed by atoms with Crippen molar-refractivity contribution in [1.82, 2.24) is 30.3 Å². The normalized spacial score (nSPS) is 11.4. The number of rotatable bonds is 6. The van der Waals surface area contributed by atoms with E-state index in [4.69, 9.17) is 0 Å². The van der Waals surface area contributed by atoms with Gasteiger partial charge in [-0.1, -0.05) is 47.7 Å². The molecule has 0 fully saturated rings. The van der Waals surface area contributed by atoms with Crippen molar-refractivity contribution in [3.8, 4) is 0 Å². The highest BCUT2D eigenvalue weighted by Gasteiger charge is 2.11. The Hall–Kier alpha value is -3.74. The maximum Gasteiger partial charge on any atom is 0.273 e. The summed E-state index contributed by atoms with van der Waals surface area (Å²) in [6.07, 6.45) is 5.62. The number of imidazole rings is 1. The van der Waals surface area contributed by atoms with Crippen molar-refractivity contribution in [2.45, 2.75) is 26.9 Å². The maximum atomic E-state index is 12.4. The number of benzene rings is 2. The highest BCUT2D eigenvalue weighted by molar-refractivity contribution is 5.91. The molecule has 2 aromatic carbocycles. The molecule has 0 aliphatic rings. The van der Waals surface area contributed by atoms with E-state index >= 15 is 0 Å². The van der Waals surface area contributed by atoms with Crippen LogP contribution < -0.4 is 5.32 Å². The minimum absolute atomic E-state index is 0.279. The Balaban J connectivity index is 1.35. The van der Waals surface area contributed by atoms with Crippen molar-refractivity contribution in [2.24, 2.45) is 0 Å². The molecule has 0 bridgehead atoms. The van der Waals surface area contributed by atoms with Gasteiger partial charge in [-0.05, 0) is 42.7 Å². The Bertz CT molecular complexity index is 1130. The number of aryl methyl sites for hydroxylation is 2. The number of carbonyl (C=O) groups is 1. The third-order valence-corrected chi connectivity index (χ3v) is 4.74. The summed E-state index contributed by atoms with van der Waals surface area (Å²) in [4.78, 5) is 20.1. The van der Waals surface area contributed by atoms with Gasteiger partial charge in [0.25, 0.3) is 5.91 Å². The number of amides is 1. The number of nitrogens with one attached hydrogen (secondary N) is 2. The van der Waals surface area contributed by atoms with Crippen LogP contribution in [0, 0.1) is 13.8 Å². The van der Waals surface area contributed by atoms with E-state index in [9.17, 15) is 4.79 Å². The predicted molar refractivity (Wildman–Crippen MR) is 112 cm³/mol. The summed E-state index contributed by atoms with van der Waals surface area (Å²) in [5, 5.41) is 10.8. The van der Waals surface area contributed by atoms with Crippen LogP contribution in [0.1, 0.15) is 33.0 Å². The van der Waals surface area contributed by atoms with E-state index in [-0.39, 0.29) is 11.6 Å². The highest BCUT2D eigenvalue weighted by atomic mass is 16.2. The van der Waals surface area contributed by atoms with Gasteiger partial charge in [0.15, 0.2) is 5.69 Å². The Labute approximate surface area is 168 Å². The predicted octanol–water partition coefficient (Wildman–Crippen LogP) is 3.41. The molecule has 0 atom stereocenters. The highest BCUT2D eigenvalue weighted by Crippen LogP contribution is 2.17. The maximum absolute atomic E-state index is 12.4. The molecule has 1 amide bonds. The summed E-state index contributed by atoms with van der Waals surface area (Å²) in [5.41, 5.74) is 5.65. The number of allylic oxidation sites excluding steroid dienone is 1. The third-order valence-electron chi connectivity index (χ3n) is 4.74. The van der Waals surface area contributed by atoms with E-state index in [1.807, 2.05) is 48.6 Å². The lowest BCUT2D eigenvalue weighted by Gasteiger charge is -1.99. The Morgan fingerprint density at radius 3 is 2.79 bits per heavy atom. The second-order valence-corrected chi connectivity index (χ2v) is 6.96. The van der Waals surface area contributed by atoms with Gasteiger partial charge in [-0.25, -0.2) is 9.67 Å². The Morgan fingerprint density at radius 1 is 1.17 bits per heavy atom. The van der Waals surface area contributed by atoms with Gasteiger partial charge in [0.05, 0.1) is 30.3 Å². The van der Waals surface area contributed by atoms with Gasteiger partial charge in [-0.15, -0.1) is 5.10 Å². The van der Waals surface area contributed by atoms with Crippen LogP contribution in [0.25, 0.3) is 17.1 Å². The quantitative estimate of drug-likeness (QED) is 0.531. The number of H-pyrrole nitrogens is 1. The number of fused-ring (bicyclic) bond motifs is 1. The molecule has 0 spiro atoms. The number of aromatic amines is 1. The molecule has 2 aromatic heterocycles. The topological polar surface area (TPSA) is 88.5 Å². The lowest BCUT2D eigenvalue weighted by Crippen LogP contribution is -2.23. The summed E-state index contributed by atoms with van der Waals surface area (Å²) in [5.74, 6) is 0.424. The summed E-state index contributed by atoms with van der Waals surface area (Å²) < 4.78 is 1.63. The van der Waals surface area contributed by atoms with E-state index < -0.39 is 0 Å². The molecule has 29 heavy (non-hydrogen) atoms. The van der Waals surface area contributed by atoms with E-state index in [0.717, 1.165) is 16.6 Å². The van der Waals surface area contributed by atoms with Gasteiger partial charge < -0.3 is 10.3 Å². The summed E-state index contributed by atoms with van der Waals surface area (Å²) >= 11 is 0. The molecular formula is C22H22N6O. The van der Waals surface area contributed by atoms with Crippen molar-refractivity contribution in [2.75, 3.05) is 0 Å². The molecule has 0 saturated heterocycles. The standard InChI is InChI=1S/C22H22N6O/c1-15-11-18-19(12-16(15)2)25-21(24-18)13-23-22(29)20-14-28(27-26-20)10-6-9-17-7-4-3-5-8-17/h3-9,11-12,14H,10,13H2,1-2H3,(H,23,29)(H,24,25). The molecule has 0 radical (unpaired) electrons. The molecular weight excluding hydrogens is 364 g/mol. The van der Waals surface area contributed by atoms with E-state index in [2.05, 4.69) is 45.5 Å². The third kappa shape index (κ3) is 4.40. The van der Waals surface area contributed by atoms with Crippen molar-refractivity contribution in [3.05, 3.63) is 82.9 Å². The molecule has 0 aliphatic heterocycles. The second kappa shape index (κ2) is 8.10. The van der Waals surface area contributed by atoms with E-state index in [1.165, 1.54) is 11.1 Å². The fraction of sp³-hybridized carbons (Fsp3) is 0.182. The first-order chi connectivity index (χ1) is 14.1. The number of hydrogen-bond donors (Lipinski definition) is 2. The molecule has 0 unspecified atom stereocenters. The molecule has 4 rings (SSSR count). The van der Waals surface area contributed by atoms with E-state index in [1.54, 1.807) is 10.9 Å². The van der Waals surface area contributed by atoms with Gasteiger partial charge in [0.2, 0.25) is 0 Å². The largest absolute Gasteiger partial charge is 0.343 e. The Kier molecular flexibility index (Phi) is 5.20. The van der Waals surface area contributed by atoms with Crippen LogP contribution in [0.4, 0.5) is 0 Å². The first-order valence-electron chi connectivity index (χ1n) is 9.44. The number of hydrogen-bond acceptors (Lipinski definition) is 4. The number of nitrogens with zero attached hydrogens (tertiary/aromatic N) is 4. The second-order valence-electron chi connectivity index (χ2n) is 6.96. The molecule has 146 valence electrons. The average Bonchev–Trinajstić information content (AvgIpc) is 3.34. The van der Waals surface area contributed by atoms with Crippen LogP contribution in [0.2, 0.25) is 0 Å². The summed E-state index contributed by atoms with van der Waals surface area (Å²) in [6, 6.07) is 14.1. The van der Waals surface area contributed by atoms with Crippen LogP contribution in [0.15, 0.2) is 54.7 Å². The lowest BCUT2D eigenvalue weighted by atomic mass is 10.1. The van der Waals surface area contributed by atoms with Crippen molar-refractivity contribution in [1.29, 1.82) is 0 Å². The zero-order chi connectivity index (χ0) is 20.2. The van der Waals surface area contributed by atoms with Crippen LogP contribution in [-0.2, 0) is 13.1 Å². The minimum Gasteiger partial charge on any atom is -0.343 e. The molecule has 2 heterocycles. The first-order valence-corrected chi connectivity index (χ1v) is 9.44. The molecule has 7 nitrogen and oxygen atoms in total. The molecule has 0 aliphatic carbocycles. The summed E-state index contributed by atoms with van der Waals surface area (Å²) in [6.45, 7) is 4.96. The SMILES string of the molecule is Cc1cc2nc(CNC(=O)c3cn(CC=Cc4ccccc4)nn3)[nH]c2cc1C. The fourth-order valence-corrected chi connectivity index (χ4v) is 3.01. The van der Waals surface area contributed by atoms with Crippen LogP contribution >= 0.6 is 0 Å². The van der Waals surface area contributed by atoms with Crippen LogP contribution in [-0.4, -0.2) is 30.9 Å². The molecule has 0 saturated carbocycles. The first kappa shape index (κ1) is 18.6. The minimum atomic E-state index is -0.281. The lowest BCUT2D eigenvalue weighted by molar-refractivity contribution is 0.0945. The van der Waals surface area contributed by atoms with Crippen LogP contribution in [0.5, 0.6) is 0 Å². The van der Waals surface area contributed by atoms with Gasteiger partial charge in [0.1, 0.15) is 5.82 Å². The van der Waals surface area contributed by atoms with Crippen molar-refractivity contribution in [3.63, 3.8) is 0 Å². The smallest absolute Gasteiger partial charge is 0.273 e. The molecule has 7 heteroatoms. The van der Waals surface area contributed by atoms with Gasteiger partial charge >= 0.3 is 0 Å². The zero-order valence-electron chi connectivity index (χ0n) is 16.4. The van der Waals surface area contributed by atoms with Crippen LogP contribution in [0.3, 0.4) is 0 Å². The van der Waals surface area contributed by atoms with Gasteiger partial charge in [0, 0.05) is 0 Å². The molecule has 4 aromatic rings. The fourth-order valence-electron chi connectivity index (χ4n) is 3.01. The van der Waals surface area contributed by atoms with E-state index in [0.29, 0.717) is 18.9 Å². The number of carbonyl (C=O) groups excluding carboxylic acids is 1. The molecule has 2 N–H and O–H groups in total. The van der Waals surface area contributed by atoms with Crippen molar-refractivity contribution < 1.29 is 4.79 Å². The average molecular weight is 386 g/mol. The number of aromatic nitrogens is 5. The zero-order valence-corrected chi connectivity index (χ0v) is 16.4. The van der Waals surface area contributed by atoms with Crippen molar-refractivity contribution >= 4 is 23.0 Å². The Morgan fingerprint density at radius 2 is 1.97 bits per heavy atom.